The number of pyridine rings is 1. The summed E-state index contributed by atoms with van der Waals surface area (Å²) in [4.78, 5) is 11.9. The van der Waals surface area contributed by atoms with Crippen LogP contribution in [0.3, 0.4) is 0 Å². The molecule has 4 nitrogen and oxygen atoms in total. The van der Waals surface area contributed by atoms with E-state index >= 15 is 0 Å². The van der Waals surface area contributed by atoms with Gasteiger partial charge in [-0.1, -0.05) is 12.1 Å². The van der Waals surface area contributed by atoms with Gasteiger partial charge in [0.1, 0.15) is 5.82 Å². The van der Waals surface area contributed by atoms with Crippen LogP contribution in [-0.4, -0.2) is 57.2 Å². The maximum absolute atomic E-state index is 4.89. The second-order valence-electron chi connectivity index (χ2n) is 7.00. The molecule has 3 rings (SSSR count). The van der Waals surface area contributed by atoms with E-state index in [0.717, 1.165) is 11.5 Å². The predicted octanol–water partition coefficient (Wildman–Crippen LogP) is 3.14. The number of rotatable bonds is 3. The van der Waals surface area contributed by atoms with E-state index in [1.807, 2.05) is 0 Å². The van der Waals surface area contributed by atoms with E-state index in [2.05, 4.69) is 74.1 Å². The highest BCUT2D eigenvalue weighted by molar-refractivity contribution is 6.00. The SMILES string of the molecule is Cc1cc2c(N(C)C)cccc2c(N(C)C2CCN(C)CC2)n1. The van der Waals surface area contributed by atoms with Gasteiger partial charge in [-0.25, -0.2) is 4.98 Å². The fourth-order valence-corrected chi connectivity index (χ4v) is 3.58. The zero-order valence-corrected chi connectivity index (χ0v) is 15.0. The van der Waals surface area contributed by atoms with Crippen LogP contribution in [0.5, 0.6) is 0 Å². The second-order valence-corrected chi connectivity index (χ2v) is 7.00. The molecular weight excluding hydrogens is 284 g/mol. The van der Waals surface area contributed by atoms with Crippen LogP contribution in [0.4, 0.5) is 11.5 Å². The molecule has 1 aromatic heterocycles. The average Bonchev–Trinajstić information content (AvgIpc) is 2.53. The molecule has 0 unspecified atom stereocenters. The van der Waals surface area contributed by atoms with E-state index in [0.29, 0.717) is 6.04 Å². The van der Waals surface area contributed by atoms with Gasteiger partial charge >= 0.3 is 0 Å². The van der Waals surface area contributed by atoms with Gasteiger partial charge in [0.25, 0.3) is 0 Å². The van der Waals surface area contributed by atoms with Crippen molar-refractivity contribution in [2.75, 3.05) is 51.1 Å². The summed E-state index contributed by atoms with van der Waals surface area (Å²) in [6.45, 7) is 4.43. The van der Waals surface area contributed by atoms with Crippen LogP contribution >= 0.6 is 0 Å². The van der Waals surface area contributed by atoms with Crippen molar-refractivity contribution in [2.45, 2.75) is 25.8 Å². The van der Waals surface area contributed by atoms with Crippen LogP contribution in [0.1, 0.15) is 18.5 Å². The standard InChI is InChI=1S/C19H28N4/c1-14-13-17-16(7-6-8-18(17)21(2)3)19(20-14)23(5)15-9-11-22(4)12-10-15/h6-8,13,15H,9-12H2,1-5H3. The normalized spacial score (nSPS) is 16.7. The third kappa shape index (κ3) is 3.13. The Hall–Kier alpha value is -1.81. The summed E-state index contributed by atoms with van der Waals surface area (Å²) >= 11 is 0. The highest BCUT2D eigenvalue weighted by Gasteiger charge is 2.23. The van der Waals surface area contributed by atoms with Gasteiger partial charge in [0, 0.05) is 49.3 Å². The fourth-order valence-electron chi connectivity index (χ4n) is 3.58. The molecule has 0 amide bonds. The summed E-state index contributed by atoms with van der Waals surface area (Å²) in [5, 5.41) is 2.54. The van der Waals surface area contributed by atoms with E-state index < -0.39 is 0 Å². The van der Waals surface area contributed by atoms with Crippen LogP contribution in [0, 0.1) is 6.92 Å². The molecule has 2 aromatic rings. The Bertz CT molecular complexity index is 687. The zero-order chi connectivity index (χ0) is 16.6. The summed E-state index contributed by atoms with van der Waals surface area (Å²) in [7, 11) is 8.62. The molecule has 0 radical (unpaired) electrons. The maximum Gasteiger partial charge on any atom is 0.136 e. The molecule has 1 aromatic carbocycles. The van der Waals surface area contributed by atoms with Gasteiger partial charge < -0.3 is 14.7 Å². The van der Waals surface area contributed by atoms with Crippen molar-refractivity contribution in [1.29, 1.82) is 0 Å². The number of nitrogens with zero attached hydrogens (tertiary/aromatic N) is 4. The van der Waals surface area contributed by atoms with Crippen molar-refractivity contribution in [3.8, 4) is 0 Å². The van der Waals surface area contributed by atoms with E-state index in [-0.39, 0.29) is 0 Å². The Kier molecular flexibility index (Phi) is 4.44. The van der Waals surface area contributed by atoms with E-state index in [1.54, 1.807) is 0 Å². The highest BCUT2D eigenvalue weighted by Crippen LogP contribution is 2.33. The Morgan fingerprint density at radius 3 is 2.43 bits per heavy atom. The molecule has 0 saturated carbocycles. The van der Waals surface area contributed by atoms with Gasteiger partial charge in [0.2, 0.25) is 0 Å². The van der Waals surface area contributed by atoms with Crippen molar-refractivity contribution >= 4 is 22.3 Å². The van der Waals surface area contributed by atoms with Crippen LogP contribution in [0.15, 0.2) is 24.3 Å². The first-order valence-electron chi connectivity index (χ1n) is 8.46. The second kappa shape index (κ2) is 6.36. The number of likely N-dealkylation sites (tertiary alicyclic amines) is 1. The topological polar surface area (TPSA) is 22.6 Å². The number of hydrogen-bond acceptors (Lipinski definition) is 4. The quantitative estimate of drug-likeness (QED) is 0.868. The largest absolute Gasteiger partial charge is 0.377 e. The number of aromatic nitrogens is 1. The van der Waals surface area contributed by atoms with E-state index in [9.17, 15) is 0 Å². The number of piperidine rings is 1. The van der Waals surface area contributed by atoms with Crippen molar-refractivity contribution < 1.29 is 0 Å². The Balaban J connectivity index is 2.05. The minimum Gasteiger partial charge on any atom is -0.377 e. The number of fused-ring (bicyclic) bond motifs is 1. The first-order valence-corrected chi connectivity index (χ1v) is 8.46. The van der Waals surface area contributed by atoms with Crippen molar-refractivity contribution in [2.24, 2.45) is 0 Å². The molecule has 1 aliphatic rings. The lowest BCUT2D eigenvalue weighted by molar-refractivity contribution is 0.252. The summed E-state index contributed by atoms with van der Waals surface area (Å²) in [6, 6.07) is 9.31. The molecule has 0 N–H and O–H groups in total. The number of aryl methyl sites for hydroxylation is 1. The zero-order valence-electron chi connectivity index (χ0n) is 15.0. The molecule has 124 valence electrons. The monoisotopic (exact) mass is 312 g/mol. The van der Waals surface area contributed by atoms with Gasteiger partial charge in [-0.2, -0.15) is 0 Å². The van der Waals surface area contributed by atoms with Crippen LogP contribution < -0.4 is 9.80 Å². The summed E-state index contributed by atoms with van der Waals surface area (Å²) < 4.78 is 0. The minimum atomic E-state index is 0.576. The van der Waals surface area contributed by atoms with Crippen LogP contribution in [-0.2, 0) is 0 Å². The van der Waals surface area contributed by atoms with Crippen LogP contribution in [0.2, 0.25) is 0 Å². The summed E-state index contributed by atoms with van der Waals surface area (Å²) in [5.41, 5.74) is 2.34. The third-order valence-corrected chi connectivity index (χ3v) is 5.01. The molecule has 1 saturated heterocycles. The molecule has 0 bridgehead atoms. The van der Waals surface area contributed by atoms with Gasteiger partial charge in [0.05, 0.1) is 0 Å². The molecule has 0 spiro atoms. The van der Waals surface area contributed by atoms with Crippen molar-refractivity contribution in [1.82, 2.24) is 9.88 Å². The van der Waals surface area contributed by atoms with E-state index in [4.69, 9.17) is 4.98 Å². The van der Waals surface area contributed by atoms with Gasteiger partial charge in [-0.3, -0.25) is 0 Å². The van der Waals surface area contributed by atoms with Crippen molar-refractivity contribution in [3.63, 3.8) is 0 Å². The average molecular weight is 312 g/mol. The third-order valence-electron chi connectivity index (χ3n) is 5.01. The van der Waals surface area contributed by atoms with Gasteiger partial charge in [0.15, 0.2) is 0 Å². The molecule has 23 heavy (non-hydrogen) atoms. The van der Waals surface area contributed by atoms with Crippen molar-refractivity contribution in [3.05, 3.63) is 30.0 Å². The summed E-state index contributed by atoms with van der Waals surface area (Å²) in [6.07, 6.45) is 2.41. The van der Waals surface area contributed by atoms with Crippen LogP contribution in [0.25, 0.3) is 10.8 Å². The number of benzene rings is 1. The molecular formula is C19H28N4. The Labute approximate surface area is 139 Å². The predicted molar refractivity (Wildman–Crippen MR) is 99.7 cm³/mol. The molecule has 0 aliphatic carbocycles. The Morgan fingerprint density at radius 1 is 1.09 bits per heavy atom. The first kappa shape index (κ1) is 16.1. The van der Waals surface area contributed by atoms with Gasteiger partial charge in [-0.15, -0.1) is 0 Å². The molecule has 4 heteroatoms. The molecule has 1 fully saturated rings. The van der Waals surface area contributed by atoms with Gasteiger partial charge in [-0.05, 0) is 52.0 Å². The molecule has 0 atom stereocenters. The lowest BCUT2D eigenvalue weighted by Crippen LogP contribution is -2.42. The lowest BCUT2D eigenvalue weighted by Gasteiger charge is -2.36. The summed E-state index contributed by atoms with van der Waals surface area (Å²) in [5.74, 6) is 1.12. The smallest absolute Gasteiger partial charge is 0.136 e. The fraction of sp³-hybridized carbons (Fsp3) is 0.526. The number of anilines is 2. The molecule has 1 aliphatic heterocycles. The minimum absolute atomic E-state index is 0.576. The molecule has 2 heterocycles. The van der Waals surface area contributed by atoms with E-state index in [1.165, 1.54) is 42.4 Å². The lowest BCUT2D eigenvalue weighted by atomic mass is 10.0. The Morgan fingerprint density at radius 2 is 1.78 bits per heavy atom. The highest BCUT2D eigenvalue weighted by atomic mass is 15.2. The first-order chi connectivity index (χ1) is 11.0. The maximum atomic E-state index is 4.89. The number of hydrogen-bond donors (Lipinski definition) is 0.